The topological polar surface area (TPSA) is 56.1 Å². The maximum absolute atomic E-state index is 9.08. The first-order valence-corrected chi connectivity index (χ1v) is 8.64. The quantitative estimate of drug-likeness (QED) is 0.867. The maximum Gasteiger partial charge on any atom is 0.132 e. The van der Waals surface area contributed by atoms with E-state index < -0.39 is 0 Å². The summed E-state index contributed by atoms with van der Waals surface area (Å²) in [6, 6.07) is 13.4. The number of hydrogen-bond acceptors (Lipinski definition) is 5. The molecule has 1 aromatic heterocycles. The Morgan fingerprint density at radius 2 is 1.88 bits per heavy atom. The lowest BCUT2D eigenvalue weighted by molar-refractivity contribution is 0.459. The van der Waals surface area contributed by atoms with Crippen LogP contribution in [0.3, 0.4) is 0 Å². The Morgan fingerprint density at radius 1 is 1.08 bits per heavy atom. The van der Waals surface area contributed by atoms with Crippen molar-refractivity contribution >= 4 is 11.5 Å². The Balaban J connectivity index is 1.46. The lowest BCUT2D eigenvalue weighted by atomic mass is 10.0. The van der Waals surface area contributed by atoms with E-state index in [2.05, 4.69) is 31.9 Å². The van der Waals surface area contributed by atoms with Crippen molar-refractivity contribution in [1.82, 2.24) is 9.97 Å². The van der Waals surface area contributed by atoms with Gasteiger partial charge in [0.1, 0.15) is 12.1 Å². The molecule has 1 saturated heterocycles. The third kappa shape index (κ3) is 3.05. The zero-order valence-corrected chi connectivity index (χ0v) is 13.7. The second-order valence-electron chi connectivity index (χ2n) is 6.59. The van der Waals surface area contributed by atoms with Crippen LogP contribution in [0.25, 0.3) is 0 Å². The summed E-state index contributed by atoms with van der Waals surface area (Å²) < 4.78 is 0. The Morgan fingerprint density at radius 3 is 2.54 bits per heavy atom. The molecule has 122 valence electrons. The zero-order valence-electron chi connectivity index (χ0n) is 13.7. The van der Waals surface area contributed by atoms with Crippen LogP contribution in [-0.4, -0.2) is 35.1 Å². The highest BCUT2D eigenvalue weighted by atomic mass is 15.3. The van der Waals surface area contributed by atoms with Gasteiger partial charge in [0.2, 0.25) is 0 Å². The Hall–Kier alpha value is -2.61. The first-order chi connectivity index (χ1) is 11.8. The monoisotopic (exact) mass is 319 g/mol. The van der Waals surface area contributed by atoms with Gasteiger partial charge in [0.05, 0.1) is 11.6 Å². The second kappa shape index (κ2) is 6.48. The molecule has 0 unspecified atom stereocenters. The first-order valence-electron chi connectivity index (χ1n) is 8.64. The predicted octanol–water partition coefficient (Wildman–Crippen LogP) is 2.99. The number of anilines is 2. The van der Waals surface area contributed by atoms with Crippen molar-refractivity contribution in [3.8, 4) is 6.07 Å². The van der Waals surface area contributed by atoms with E-state index in [1.165, 1.54) is 12.8 Å². The van der Waals surface area contributed by atoms with E-state index in [1.54, 1.807) is 6.33 Å². The number of rotatable bonds is 4. The van der Waals surface area contributed by atoms with Gasteiger partial charge in [0.15, 0.2) is 0 Å². The van der Waals surface area contributed by atoms with Gasteiger partial charge in [-0.25, -0.2) is 9.97 Å². The highest BCUT2D eigenvalue weighted by Crippen LogP contribution is 2.35. The van der Waals surface area contributed by atoms with E-state index in [1.807, 2.05) is 30.5 Å². The minimum Gasteiger partial charge on any atom is -0.371 e. The van der Waals surface area contributed by atoms with Crippen LogP contribution in [0.15, 0.2) is 42.9 Å². The van der Waals surface area contributed by atoms with Crippen LogP contribution in [-0.2, 0) is 0 Å². The number of piperidine rings is 1. The molecule has 1 aromatic carbocycles. The van der Waals surface area contributed by atoms with Gasteiger partial charge in [-0.15, -0.1) is 0 Å². The van der Waals surface area contributed by atoms with Crippen LogP contribution in [0.2, 0.25) is 0 Å². The highest BCUT2D eigenvalue weighted by molar-refractivity contribution is 5.52. The van der Waals surface area contributed by atoms with Crippen LogP contribution in [0, 0.1) is 11.3 Å². The summed E-state index contributed by atoms with van der Waals surface area (Å²) in [5.74, 6) is 1.07. The molecule has 0 bridgehead atoms. The Bertz CT molecular complexity index is 727. The molecule has 2 heterocycles. The van der Waals surface area contributed by atoms with Crippen LogP contribution < -0.4 is 9.80 Å². The fourth-order valence-corrected chi connectivity index (χ4v) is 3.64. The van der Waals surface area contributed by atoms with E-state index in [4.69, 9.17) is 5.26 Å². The smallest absolute Gasteiger partial charge is 0.132 e. The summed E-state index contributed by atoms with van der Waals surface area (Å²) in [5.41, 5.74) is 1.89. The van der Waals surface area contributed by atoms with Crippen molar-refractivity contribution in [2.24, 2.45) is 0 Å². The molecule has 0 amide bonds. The molecular formula is C19H21N5. The standard InChI is InChI=1S/C19H21N5/c20-13-15-2-1-3-18(12-15)23-10-7-17(8-11-23)24(16-4-5-16)19-6-9-21-14-22-19/h1-3,6,9,12,14,16-17H,4-5,7-8,10-11H2. The summed E-state index contributed by atoms with van der Waals surface area (Å²) in [6.07, 6.45) is 8.27. The fraction of sp³-hybridized carbons (Fsp3) is 0.421. The minimum absolute atomic E-state index is 0.544. The minimum atomic E-state index is 0.544. The molecule has 2 aromatic rings. The maximum atomic E-state index is 9.08. The summed E-state index contributed by atoms with van der Waals surface area (Å²) in [4.78, 5) is 13.4. The van der Waals surface area contributed by atoms with Crippen molar-refractivity contribution < 1.29 is 0 Å². The average Bonchev–Trinajstić information content (AvgIpc) is 3.48. The summed E-state index contributed by atoms with van der Waals surface area (Å²) in [6.45, 7) is 2.04. The molecular weight excluding hydrogens is 298 g/mol. The van der Waals surface area contributed by atoms with Crippen molar-refractivity contribution in [2.75, 3.05) is 22.9 Å². The van der Waals surface area contributed by atoms with E-state index >= 15 is 0 Å². The second-order valence-corrected chi connectivity index (χ2v) is 6.59. The lowest BCUT2D eigenvalue weighted by Crippen LogP contribution is -2.46. The van der Waals surface area contributed by atoms with Crippen molar-refractivity contribution in [3.05, 3.63) is 48.4 Å². The molecule has 0 N–H and O–H groups in total. The van der Waals surface area contributed by atoms with Crippen LogP contribution in [0.1, 0.15) is 31.2 Å². The molecule has 0 spiro atoms. The molecule has 1 aliphatic carbocycles. The van der Waals surface area contributed by atoms with Gasteiger partial charge in [0.25, 0.3) is 0 Å². The van der Waals surface area contributed by atoms with Crippen molar-refractivity contribution in [2.45, 2.75) is 37.8 Å². The van der Waals surface area contributed by atoms with Crippen LogP contribution in [0.4, 0.5) is 11.5 Å². The predicted molar refractivity (Wildman–Crippen MR) is 93.9 cm³/mol. The molecule has 1 saturated carbocycles. The molecule has 0 atom stereocenters. The Kier molecular flexibility index (Phi) is 4.04. The number of nitriles is 1. The molecule has 0 radical (unpaired) electrons. The number of benzene rings is 1. The van der Waals surface area contributed by atoms with Gasteiger partial charge in [0, 0.05) is 37.1 Å². The summed E-state index contributed by atoms with van der Waals surface area (Å²) >= 11 is 0. The summed E-state index contributed by atoms with van der Waals surface area (Å²) in [7, 11) is 0. The fourth-order valence-electron chi connectivity index (χ4n) is 3.64. The van der Waals surface area contributed by atoms with E-state index in [0.29, 0.717) is 12.1 Å². The molecule has 2 fully saturated rings. The lowest BCUT2D eigenvalue weighted by Gasteiger charge is -2.40. The molecule has 1 aliphatic heterocycles. The molecule has 5 heteroatoms. The van der Waals surface area contributed by atoms with Gasteiger partial charge in [-0.3, -0.25) is 0 Å². The van der Waals surface area contributed by atoms with Gasteiger partial charge in [-0.05, 0) is 49.9 Å². The number of nitrogens with zero attached hydrogens (tertiary/aromatic N) is 5. The Labute approximate surface area is 142 Å². The first kappa shape index (κ1) is 14.9. The molecule has 2 aliphatic rings. The van der Waals surface area contributed by atoms with Crippen molar-refractivity contribution in [3.63, 3.8) is 0 Å². The SMILES string of the molecule is N#Cc1cccc(N2CCC(N(c3ccncn3)C3CC3)CC2)c1. The molecule has 4 rings (SSSR count). The van der Waals surface area contributed by atoms with Crippen molar-refractivity contribution in [1.29, 1.82) is 5.26 Å². The molecule has 5 nitrogen and oxygen atoms in total. The van der Waals surface area contributed by atoms with Crippen LogP contribution in [0.5, 0.6) is 0 Å². The summed E-state index contributed by atoms with van der Waals surface area (Å²) in [5, 5.41) is 9.08. The largest absolute Gasteiger partial charge is 0.371 e. The average molecular weight is 319 g/mol. The van der Waals surface area contributed by atoms with E-state index in [9.17, 15) is 0 Å². The zero-order chi connectivity index (χ0) is 16.4. The number of hydrogen-bond donors (Lipinski definition) is 0. The highest BCUT2D eigenvalue weighted by Gasteiger charge is 2.36. The van der Waals surface area contributed by atoms with Gasteiger partial charge in [-0.2, -0.15) is 5.26 Å². The van der Waals surface area contributed by atoms with E-state index in [-0.39, 0.29) is 0 Å². The van der Waals surface area contributed by atoms with Gasteiger partial charge >= 0.3 is 0 Å². The van der Waals surface area contributed by atoms with Gasteiger partial charge in [-0.1, -0.05) is 6.07 Å². The van der Waals surface area contributed by atoms with Gasteiger partial charge < -0.3 is 9.80 Å². The third-order valence-corrected chi connectivity index (χ3v) is 4.97. The number of aromatic nitrogens is 2. The third-order valence-electron chi connectivity index (χ3n) is 4.97. The van der Waals surface area contributed by atoms with E-state index in [0.717, 1.165) is 43.0 Å². The normalized spacial score (nSPS) is 18.2. The molecule has 24 heavy (non-hydrogen) atoms. The van der Waals surface area contributed by atoms with Crippen LogP contribution >= 0.6 is 0 Å².